The summed E-state index contributed by atoms with van der Waals surface area (Å²) >= 11 is 0. The Morgan fingerprint density at radius 2 is 0.450 bits per heavy atom. The van der Waals surface area contributed by atoms with Crippen LogP contribution >= 0.6 is 0 Å². The zero-order valence-electron chi connectivity index (χ0n) is 54.1. The highest BCUT2D eigenvalue weighted by atomic mass is 16.6. The van der Waals surface area contributed by atoms with Crippen molar-refractivity contribution in [2.75, 3.05) is 13.2 Å². The van der Waals surface area contributed by atoms with Crippen LogP contribution in [0.15, 0.2) is 36.5 Å². The van der Waals surface area contributed by atoms with E-state index in [0.717, 1.165) is 70.6 Å². The Morgan fingerprint density at radius 3 is 0.725 bits per heavy atom. The third kappa shape index (κ3) is 66.4. The smallest absolute Gasteiger partial charge is 0.306 e. The van der Waals surface area contributed by atoms with Gasteiger partial charge in [-0.2, -0.15) is 0 Å². The van der Waals surface area contributed by atoms with Crippen LogP contribution in [0, 0.1) is 0 Å². The lowest BCUT2D eigenvalue weighted by atomic mass is 10.0. The lowest BCUT2D eigenvalue weighted by Gasteiger charge is -2.18. The Balaban J connectivity index is 4.19. The first-order chi connectivity index (χ1) is 39.5. The van der Waals surface area contributed by atoms with Crippen molar-refractivity contribution < 1.29 is 28.6 Å². The maximum atomic E-state index is 12.9. The van der Waals surface area contributed by atoms with Crippen LogP contribution in [-0.2, 0) is 28.6 Å². The predicted octanol–water partition coefficient (Wildman–Crippen LogP) is 24.7. The molecule has 0 aromatic heterocycles. The summed E-state index contributed by atoms with van der Waals surface area (Å²) in [5.74, 6) is -0.855. The minimum atomic E-state index is -0.775. The molecular weight excluding hydrogens is 985 g/mol. The molecule has 80 heavy (non-hydrogen) atoms. The predicted molar refractivity (Wildman–Crippen MR) is 349 cm³/mol. The maximum absolute atomic E-state index is 12.9. The summed E-state index contributed by atoms with van der Waals surface area (Å²) in [5.41, 5.74) is 0. The topological polar surface area (TPSA) is 78.9 Å². The zero-order chi connectivity index (χ0) is 57.8. The van der Waals surface area contributed by atoms with Gasteiger partial charge in [0.15, 0.2) is 6.10 Å². The molecule has 0 saturated carbocycles. The summed E-state index contributed by atoms with van der Waals surface area (Å²) in [5, 5.41) is 0. The average Bonchev–Trinajstić information content (AvgIpc) is 3.46. The van der Waals surface area contributed by atoms with Crippen LogP contribution in [0.2, 0.25) is 0 Å². The van der Waals surface area contributed by atoms with E-state index in [1.807, 2.05) is 0 Å². The summed E-state index contributed by atoms with van der Waals surface area (Å²) in [6.45, 7) is 6.67. The third-order valence-electron chi connectivity index (χ3n) is 16.4. The molecule has 0 saturated heterocycles. The number of hydrogen-bond acceptors (Lipinski definition) is 6. The minimum Gasteiger partial charge on any atom is -0.462 e. The van der Waals surface area contributed by atoms with Crippen LogP contribution < -0.4 is 0 Å². The minimum absolute atomic E-state index is 0.0708. The highest BCUT2D eigenvalue weighted by Gasteiger charge is 2.19. The second kappa shape index (κ2) is 69.1. The Bertz CT molecular complexity index is 1340. The number of esters is 3. The summed E-state index contributed by atoms with van der Waals surface area (Å²) in [4.78, 5) is 38.4. The van der Waals surface area contributed by atoms with E-state index in [-0.39, 0.29) is 31.1 Å². The number of rotatable bonds is 67. The van der Waals surface area contributed by atoms with Gasteiger partial charge in [-0.1, -0.05) is 340 Å². The van der Waals surface area contributed by atoms with Crippen molar-refractivity contribution in [1.82, 2.24) is 0 Å². The van der Waals surface area contributed by atoms with Gasteiger partial charge >= 0.3 is 17.9 Å². The Hall–Kier alpha value is -2.37. The maximum Gasteiger partial charge on any atom is 0.306 e. The Morgan fingerprint density at radius 1 is 0.250 bits per heavy atom. The van der Waals surface area contributed by atoms with Crippen LogP contribution in [0.4, 0.5) is 0 Å². The molecule has 0 aliphatic rings. The van der Waals surface area contributed by atoms with Gasteiger partial charge in [-0.3, -0.25) is 14.4 Å². The molecule has 1 unspecified atom stereocenters. The number of ether oxygens (including phenoxy) is 3. The molecule has 0 N–H and O–H groups in total. The largest absolute Gasteiger partial charge is 0.462 e. The van der Waals surface area contributed by atoms with Crippen LogP contribution in [0.5, 0.6) is 0 Å². The number of hydrogen-bond donors (Lipinski definition) is 0. The van der Waals surface area contributed by atoms with Crippen molar-refractivity contribution in [3.8, 4) is 0 Å². The fourth-order valence-corrected chi connectivity index (χ4v) is 10.9. The van der Waals surface area contributed by atoms with Crippen LogP contribution in [0.3, 0.4) is 0 Å². The van der Waals surface area contributed by atoms with E-state index in [0.29, 0.717) is 19.3 Å². The first-order valence-electron chi connectivity index (χ1n) is 36.0. The molecular formula is C74H138O6. The molecule has 0 aromatic rings. The van der Waals surface area contributed by atoms with Gasteiger partial charge in [0, 0.05) is 19.3 Å². The highest BCUT2D eigenvalue weighted by Crippen LogP contribution is 2.19. The van der Waals surface area contributed by atoms with Gasteiger partial charge in [-0.05, 0) is 77.0 Å². The van der Waals surface area contributed by atoms with Crippen molar-refractivity contribution in [1.29, 1.82) is 0 Å². The van der Waals surface area contributed by atoms with Crippen molar-refractivity contribution >= 4 is 17.9 Å². The fourth-order valence-electron chi connectivity index (χ4n) is 10.9. The van der Waals surface area contributed by atoms with Gasteiger partial charge in [-0.15, -0.1) is 0 Å². The Labute approximate surface area is 499 Å². The number of unbranched alkanes of at least 4 members (excludes halogenated alkanes) is 50. The lowest BCUT2D eigenvalue weighted by Crippen LogP contribution is -2.30. The lowest BCUT2D eigenvalue weighted by molar-refractivity contribution is -0.167. The average molecular weight is 1120 g/mol. The fraction of sp³-hybridized carbons (Fsp3) is 0.878. The van der Waals surface area contributed by atoms with Crippen molar-refractivity contribution in [2.24, 2.45) is 0 Å². The Kier molecular flexibility index (Phi) is 67.1. The van der Waals surface area contributed by atoms with E-state index in [2.05, 4.69) is 57.2 Å². The van der Waals surface area contributed by atoms with Gasteiger partial charge in [-0.25, -0.2) is 0 Å². The van der Waals surface area contributed by atoms with E-state index in [1.165, 1.54) is 289 Å². The van der Waals surface area contributed by atoms with Crippen LogP contribution in [0.25, 0.3) is 0 Å². The van der Waals surface area contributed by atoms with Gasteiger partial charge in [0.2, 0.25) is 0 Å². The number of carbonyl (C=O) groups is 3. The molecule has 0 aromatic carbocycles. The van der Waals surface area contributed by atoms with E-state index in [1.54, 1.807) is 0 Å². The molecule has 1 atom stereocenters. The molecule has 6 nitrogen and oxygen atoms in total. The molecule has 0 radical (unpaired) electrons. The second-order valence-electron chi connectivity index (χ2n) is 24.5. The SMILES string of the molecule is CCCCC/C=C\CCCCCCCC(=O)OCC(COC(=O)CCCCCCCCCCCCCCCCCCCCCCCCCCCCC)OC(=O)CCCCCCCCCCCCC/C=C\C/C=C\CCCCCCC. The van der Waals surface area contributed by atoms with Crippen LogP contribution in [0.1, 0.15) is 400 Å². The quantitative estimate of drug-likeness (QED) is 0.0261. The first-order valence-corrected chi connectivity index (χ1v) is 36.0. The number of allylic oxidation sites excluding steroid dienone is 6. The molecule has 0 bridgehead atoms. The highest BCUT2D eigenvalue weighted by molar-refractivity contribution is 5.71. The van der Waals surface area contributed by atoms with Crippen molar-refractivity contribution in [2.45, 2.75) is 406 Å². The molecule has 0 fully saturated rings. The molecule has 0 aliphatic carbocycles. The van der Waals surface area contributed by atoms with Crippen molar-refractivity contribution in [3.05, 3.63) is 36.5 Å². The summed E-state index contributed by atoms with van der Waals surface area (Å²) in [6, 6.07) is 0. The van der Waals surface area contributed by atoms with E-state index < -0.39 is 6.10 Å². The standard InChI is InChI=1S/C74H138O6/c1-4-7-10-13-16-19-22-25-27-29-31-33-35-36-37-38-40-41-43-45-47-49-52-55-58-61-64-67-73(76)79-70-71(69-78-72(75)66-63-60-57-54-51-24-21-18-15-12-9-6-3)80-74(77)68-65-62-59-56-53-50-48-46-44-42-39-34-32-30-28-26-23-20-17-14-11-8-5-2/h18,21,23,26,30,32,71H,4-17,19-20,22,24-25,27-29,31,33-70H2,1-3H3/b21-18-,26-23-,32-30-. The van der Waals surface area contributed by atoms with Crippen LogP contribution in [-0.4, -0.2) is 37.2 Å². The molecule has 0 spiro atoms. The first kappa shape index (κ1) is 77.6. The van der Waals surface area contributed by atoms with Gasteiger partial charge in [0.1, 0.15) is 13.2 Å². The second-order valence-corrected chi connectivity index (χ2v) is 24.5. The van der Waals surface area contributed by atoms with Crippen molar-refractivity contribution in [3.63, 3.8) is 0 Å². The molecule has 0 rings (SSSR count). The monoisotopic (exact) mass is 1120 g/mol. The number of carbonyl (C=O) groups excluding carboxylic acids is 3. The molecule has 0 heterocycles. The molecule has 0 amide bonds. The molecule has 6 heteroatoms. The molecule has 0 aliphatic heterocycles. The third-order valence-corrected chi connectivity index (χ3v) is 16.4. The van der Waals surface area contributed by atoms with E-state index in [4.69, 9.17) is 14.2 Å². The molecule has 470 valence electrons. The van der Waals surface area contributed by atoms with Gasteiger partial charge in [0.05, 0.1) is 0 Å². The van der Waals surface area contributed by atoms with E-state index in [9.17, 15) is 14.4 Å². The normalized spacial score (nSPS) is 12.2. The summed E-state index contributed by atoms with van der Waals surface area (Å²) in [6.07, 6.45) is 86.1. The summed E-state index contributed by atoms with van der Waals surface area (Å²) in [7, 11) is 0. The summed E-state index contributed by atoms with van der Waals surface area (Å²) < 4.78 is 17.0. The van der Waals surface area contributed by atoms with E-state index >= 15 is 0 Å². The van der Waals surface area contributed by atoms with Gasteiger partial charge < -0.3 is 14.2 Å². The van der Waals surface area contributed by atoms with Gasteiger partial charge in [0.25, 0.3) is 0 Å². The zero-order valence-corrected chi connectivity index (χ0v) is 54.1.